The standard InChI is InChI=1S/C28H31O7P.2C6H13N/c1-15(2)20-13-23(17(5)11-25(20)29)28(22-10-8-7-9-19(22)27(30)34-28)24-14-21(16(3)4)26(12-18(24)6)35-36(31,32)33;2*7-6-4-2-1-3-5-6/h7-16,29H,1-6H3,(H2,31,32,33);2*6H,1-5,7H2. The van der Waals surface area contributed by atoms with Crippen molar-refractivity contribution in [2.75, 3.05) is 0 Å². The van der Waals surface area contributed by atoms with Gasteiger partial charge in [-0.25, -0.2) is 9.36 Å². The summed E-state index contributed by atoms with van der Waals surface area (Å²) in [5.41, 5.74) is 15.1. The largest absolute Gasteiger partial charge is 0.524 e. The lowest BCUT2D eigenvalue weighted by atomic mass is 9.74. The van der Waals surface area contributed by atoms with Crippen molar-refractivity contribution in [2.24, 2.45) is 11.5 Å². The Bertz CT molecular complexity index is 1660. The maximum absolute atomic E-state index is 13.2. The number of hydrogen-bond acceptors (Lipinski definition) is 7. The fraction of sp³-hybridized carbons (Fsp3) is 0.525. The van der Waals surface area contributed by atoms with Crippen LogP contribution in [0.3, 0.4) is 0 Å². The summed E-state index contributed by atoms with van der Waals surface area (Å²) < 4.78 is 23.0. The molecule has 1 aliphatic heterocycles. The first-order valence-electron chi connectivity index (χ1n) is 18.1. The smallest absolute Gasteiger partial charge is 0.508 e. The van der Waals surface area contributed by atoms with Crippen LogP contribution in [0.1, 0.15) is 153 Å². The van der Waals surface area contributed by atoms with E-state index in [0.717, 1.165) is 11.1 Å². The molecule has 0 spiro atoms. The number of phosphoric acid groups is 1. The van der Waals surface area contributed by atoms with Gasteiger partial charge in [0.15, 0.2) is 5.60 Å². The van der Waals surface area contributed by atoms with Crippen LogP contribution in [0.4, 0.5) is 0 Å². The number of hydrogen-bond donors (Lipinski definition) is 5. The summed E-state index contributed by atoms with van der Waals surface area (Å²) in [5, 5.41) is 10.6. The molecule has 1 unspecified atom stereocenters. The van der Waals surface area contributed by atoms with E-state index in [9.17, 15) is 24.3 Å². The number of nitrogens with two attached hydrogens (primary N) is 2. The number of ether oxygens (including phenoxy) is 1. The molecule has 10 heteroatoms. The van der Waals surface area contributed by atoms with E-state index in [0.29, 0.717) is 45.5 Å². The molecule has 2 aliphatic carbocycles. The number of fused-ring (bicyclic) bond motifs is 1. The third kappa shape index (κ3) is 9.36. The van der Waals surface area contributed by atoms with Crippen molar-refractivity contribution < 1.29 is 33.5 Å². The van der Waals surface area contributed by atoms with Crippen molar-refractivity contribution in [3.05, 3.63) is 93.0 Å². The Hall–Kier alpha value is -3.20. The number of cyclic esters (lactones) is 1. The molecule has 7 N–H and O–H groups in total. The van der Waals surface area contributed by atoms with Crippen molar-refractivity contribution in [2.45, 2.75) is 135 Å². The molecular weight excluding hydrogens is 651 g/mol. The van der Waals surface area contributed by atoms with Gasteiger partial charge in [-0.15, -0.1) is 0 Å². The van der Waals surface area contributed by atoms with Crippen LogP contribution in [0.15, 0.2) is 48.5 Å². The molecule has 0 saturated heterocycles. The van der Waals surface area contributed by atoms with Gasteiger partial charge in [0.2, 0.25) is 0 Å². The third-order valence-corrected chi connectivity index (χ3v) is 10.5. The summed E-state index contributed by atoms with van der Waals surface area (Å²) in [6, 6.07) is 15.2. The average Bonchev–Trinajstić information content (AvgIpc) is 3.34. The molecule has 3 aromatic carbocycles. The van der Waals surface area contributed by atoms with Crippen LogP contribution in [-0.2, 0) is 14.9 Å². The molecule has 3 aliphatic rings. The summed E-state index contributed by atoms with van der Waals surface area (Å²) in [6.45, 7) is 11.4. The summed E-state index contributed by atoms with van der Waals surface area (Å²) >= 11 is 0. The van der Waals surface area contributed by atoms with Crippen molar-refractivity contribution in [3.8, 4) is 11.5 Å². The van der Waals surface area contributed by atoms with Crippen molar-refractivity contribution in [1.29, 1.82) is 0 Å². The summed E-state index contributed by atoms with van der Waals surface area (Å²) in [6.07, 6.45) is 13.3. The lowest BCUT2D eigenvalue weighted by Gasteiger charge is -2.34. The molecule has 0 bridgehead atoms. The monoisotopic (exact) mass is 708 g/mol. The maximum atomic E-state index is 13.2. The number of benzene rings is 3. The minimum absolute atomic E-state index is 0.0140. The minimum Gasteiger partial charge on any atom is -0.508 e. The zero-order valence-electron chi connectivity index (χ0n) is 30.6. The van der Waals surface area contributed by atoms with Gasteiger partial charge in [-0.2, -0.15) is 0 Å². The lowest BCUT2D eigenvalue weighted by molar-refractivity contribution is 0.0247. The van der Waals surface area contributed by atoms with Crippen LogP contribution in [-0.4, -0.2) is 32.9 Å². The first-order valence-corrected chi connectivity index (χ1v) is 19.7. The molecule has 2 saturated carbocycles. The van der Waals surface area contributed by atoms with Gasteiger partial charge in [0.25, 0.3) is 0 Å². The van der Waals surface area contributed by atoms with Crippen molar-refractivity contribution in [3.63, 3.8) is 0 Å². The van der Waals surface area contributed by atoms with Crippen LogP contribution >= 0.6 is 7.82 Å². The molecule has 9 nitrogen and oxygen atoms in total. The molecule has 0 amide bonds. The van der Waals surface area contributed by atoms with Crippen LogP contribution in [0.2, 0.25) is 0 Å². The lowest BCUT2D eigenvalue weighted by Crippen LogP contribution is -2.32. The third-order valence-electron chi connectivity index (χ3n) is 10.0. The maximum Gasteiger partial charge on any atom is 0.524 e. The second-order valence-electron chi connectivity index (χ2n) is 14.7. The number of aromatic hydroxyl groups is 1. The zero-order chi connectivity index (χ0) is 36.8. The normalized spacial score (nSPS) is 19.6. The second kappa shape index (κ2) is 16.9. The number of carbonyl (C=O) groups excluding carboxylic acids is 1. The molecule has 274 valence electrons. The summed E-state index contributed by atoms with van der Waals surface area (Å²) in [5.74, 6) is -0.352. The number of rotatable bonds is 6. The molecule has 6 rings (SSSR count). The summed E-state index contributed by atoms with van der Waals surface area (Å²) in [4.78, 5) is 32.2. The number of phosphoric ester groups is 1. The molecule has 0 aromatic heterocycles. The molecule has 50 heavy (non-hydrogen) atoms. The van der Waals surface area contributed by atoms with E-state index in [4.69, 9.17) is 20.7 Å². The SMILES string of the molecule is Cc1cc(O)c(C(C)C)cc1C1(c2cc(C(C)C)c(OP(=O)(O)O)cc2C)OC(=O)c2ccccc21.NC1CCCCC1.NC1CCCCC1. The first kappa shape index (κ1) is 39.6. The van der Waals surface area contributed by atoms with Gasteiger partial charge in [0, 0.05) is 28.8 Å². The molecule has 3 aromatic rings. The first-order chi connectivity index (χ1) is 23.5. The topological polar surface area (TPSA) is 165 Å². The van der Waals surface area contributed by atoms with Gasteiger partial charge in [0.1, 0.15) is 11.5 Å². The van der Waals surface area contributed by atoms with E-state index < -0.39 is 19.4 Å². The van der Waals surface area contributed by atoms with Gasteiger partial charge in [0.05, 0.1) is 5.56 Å². The highest BCUT2D eigenvalue weighted by molar-refractivity contribution is 7.46. The number of phenolic OH excluding ortho intramolecular Hbond substituents is 1. The van der Waals surface area contributed by atoms with E-state index >= 15 is 0 Å². The fourth-order valence-corrected chi connectivity index (χ4v) is 7.73. The van der Waals surface area contributed by atoms with E-state index in [2.05, 4.69) is 0 Å². The van der Waals surface area contributed by atoms with Crippen LogP contribution in [0.25, 0.3) is 0 Å². The van der Waals surface area contributed by atoms with Gasteiger partial charge < -0.3 is 25.8 Å². The average molecular weight is 709 g/mol. The highest BCUT2D eigenvalue weighted by Crippen LogP contribution is 2.52. The van der Waals surface area contributed by atoms with Crippen LogP contribution in [0.5, 0.6) is 11.5 Å². The highest BCUT2D eigenvalue weighted by atomic mass is 31.2. The predicted octanol–water partition coefficient (Wildman–Crippen LogP) is 8.75. The van der Waals surface area contributed by atoms with Crippen molar-refractivity contribution in [1.82, 2.24) is 0 Å². The van der Waals surface area contributed by atoms with Gasteiger partial charge in [-0.05, 0) is 104 Å². The number of carbonyl (C=O) groups is 1. The number of phenols is 1. The zero-order valence-corrected chi connectivity index (χ0v) is 31.5. The van der Waals surface area contributed by atoms with Crippen LogP contribution < -0.4 is 16.0 Å². The molecular formula is C40H57N2O7P. The Labute approximate surface area is 298 Å². The molecule has 0 radical (unpaired) electrons. The van der Waals surface area contributed by atoms with E-state index in [1.807, 2.05) is 58.9 Å². The second-order valence-corrected chi connectivity index (χ2v) is 15.9. The predicted molar refractivity (Wildman–Crippen MR) is 199 cm³/mol. The molecule has 1 atom stereocenters. The Morgan fingerprint density at radius 2 is 1.24 bits per heavy atom. The Morgan fingerprint density at radius 3 is 1.70 bits per heavy atom. The Balaban J connectivity index is 0.000000330. The quantitative estimate of drug-likeness (QED) is 0.124. The van der Waals surface area contributed by atoms with Crippen molar-refractivity contribution >= 4 is 13.8 Å². The Morgan fingerprint density at radius 1 is 0.760 bits per heavy atom. The Kier molecular flexibility index (Phi) is 13.4. The summed E-state index contributed by atoms with van der Waals surface area (Å²) in [7, 11) is -4.80. The minimum atomic E-state index is -4.80. The van der Waals surface area contributed by atoms with E-state index in [-0.39, 0.29) is 23.3 Å². The van der Waals surface area contributed by atoms with Gasteiger partial charge in [-0.1, -0.05) is 84.4 Å². The highest BCUT2D eigenvalue weighted by Gasteiger charge is 2.50. The fourth-order valence-electron chi connectivity index (χ4n) is 7.32. The molecule has 1 heterocycles. The molecule has 2 fully saturated rings. The number of esters is 1. The van der Waals surface area contributed by atoms with Crippen LogP contribution in [0, 0.1) is 13.8 Å². The van der Waals surface area contributed by atoms with Gasteiger partial charge in [-0.3, -0.25) is 9.79 Å². The van der Waals surface area contributed by atoms with E-state index in [1.54, 1.807) is 31.2 Å². The number of aryl methyl sites for hydroxylation is 2. The van der Waals surface area contributed by atoms with E-state index in [1.165, 1.54) is 64.2 Å². The van der Waals surface area contributed by atoms with Gasteiger partial charge >= 0.3 is 13.8 Å².